The van der Waals surface area contributed by atoms with Gasteiger partial charge in [-0.1, -0.05) is 0 Å². The summed E-state index contributed by atoms with van der Waals surface area (Å²) >= 11 is 0. The lowest BCUT2D eigenvalue weighted by molar-refractivity contribution is 0.433. The molecule has 9 heteroatoms. The van der Waals surface area contributed by atoms with Crippen LogP contribution in [-0.2, 0) is 16.4 Å². The fraction of sp³-hybridized carbons (Fsp3) is 0.143. The van der Waals surface area contributed by atoms with Gasteiger partial charge in [0, 0.05) is 55.0 Å². The second-order valence-electron chi connectivity index (χ2n) is 6.96. The van der Waals surface area contributed by atoms with Crippen LogP contribution in [0.15, 0.2) is 60.0 Å². The van der Waals surface area contributed by atoms with Gasteiger partial charge < -0.3 is 9.64 Å². The first kappa shape index (κ1) is 20.0. The molecule has 0 saturated carbocycles. The molecule has 3 aromatic rings. The Kier molecular flexibility index (Phi) is 4.98. The Bertz CT molecular complexity index is 1280. The monoisotopic (exact) mass is 429 g/mol. The van der Waals surface area contributed by atoms with Gasteiger partial charge >= 0.3 is 0 Å². The molecule has 6 nitrogen and oxygen atoms in total. The quantitative estimate of drug-likeness (QED) is 0.629. The molecule has 0 radical (unpaired) electrons. The largest absolute Gasteiger partial charge is 0.454 e. The zero-order valence-corrected chi connectivity index (χ0v) is 17.0. The van der Waals surface area contributed by atoms with E-state index < -0.39 is 21.5 Å². The SMILES string of the molecule is CN1C=C(c2cc(S(C)(=O)=O)ccc2Oc2ccc(F)cc2F)c2ncncc2C1. The number of sulfone groups is 1. The number of benzene rings is 2. The van der Waals surface area contributed by atoms with Crippen LogP contribution in [-0.4, -0.2) is 36.6 Å². The normalized spacial score (nSPS) is 13.6. The van der Waals surface area contributed by atoms with Crippen LogP contribution in [0.25, 0.3) is 5.57 Å². The molecule has 1 aromatic heterocycles. The molecular formula is C21H17F2N3O3S. The lowest BCUT2D eigenvalue weighted by Gasteiger charge is -2.25. The summed E-state index contributed by atoms with van der Waals surface area (Å²) in [6.07, 6.45) is 6.00. The number of halogens is 2. The fourth-order valence-corrected chi connectivity index (χ4v) is 3.87. The first-order chi connectivity index (χ1) is 14.2. The summed E-state index contributed by atoms with van der Waals surface area (Å²) < 4.78 is 57.4. The molecule has 0 fully saturated rings. The van der Waals surface area contributed by atoms with Gasteiger partial charge in [-0.15, -0.1) is 0 Å². The molecule has 0 unspecified atom stereocenters. The molecule has 0 spiro atoms. The van der Waals surface area contributed by atoms with Crippen LogP contribution in [0.3, 0.4) is 0 Å². The lowest BCUT2D eigenvalue weighted by Crippen LogP contribution is -2.19. The van der Waals surface area contributed by atoms with E-state index in [1.165, 1.54) is 30.6 Å². The highest BCUT2D eigenvalue weighted by Crippen LogP contribution is 2.38. The molecule has 154 valence electrons. The van der Waals surface area contributed by atoms with Crippen molar-refractivity contribution in [3.8, 4) is 11.5 Å². The Hall–Kier alpha value is -3.33. The minimum absolute atomic E-state index is 0.0779. The van der Waals surface area contributed by atoms with Crippen molar-refractivity contribution in [1.29, 1.82) is 0 Å². The van der Waals surface area contributed by atoms with E-state index in [2.05, 4.69) is 9.97 Å². The number of rotatable bonds is 4. The van der Waals surface area contributed by atoms with E-state index in [1.54, 1.807) is 6.20 Å². The van der Waals surface area contributed by atoms with Crippen LogP contribution in [0.2, 0.25) is 0 Å². The predicted octanol–water partition coefficient (Wildman–Crippen LogP) is 3.79. The number of aromatic nitrogens is 2. The molecule has 0 bridgehead atoms. The first-order valence-corrected chi connectivity index (χ1v) is 10.8. The Balaban J connectivity index is 1.90. The lowest BCUT2D eigenvalue weighted by atomic mass is 9.96. The van der Waals surface area contributed by atoms with Crippen LogP contribution in [0.4, 0.5) is 8.78 Å². The van der Waals surface area contributed by atoms with E-state index in [9.17, 15) is 17.2 Å². The van der Waals surface area contributed by atoms with Gasteiger partial charge in [-0.2, -0.15) is 0 Å². The molecule has 2 aromatic carbocycles. The summed E-state index contributed by atoms with van der Waals surface area (Å²) in [5, 5.41) is 0. The van der Waals surface area contributed by atoms with Crippen molar-refractivity contribution in [3.05, 3.63) is 83.6 Å². The molecule has 1 aliphatic heterocycles. The highest BCUT2D eigenvalue weighted by Gasteiger charge is 2.23. The average molecular weight is 429 g/mol. The Labute approximate surface area is 172 Å². The minimum atomic E-state index is -3.51. The van der Waals surface area contributed by atoms with Crippen molar-refractivity contribution >= 4 is 15.4 Å². The highest BCUT2D eigenvalue weighted by atomic mass is 32.2. The third kappa shape index (κ3) is 3.88. The van der Waals surface area contributed by atoms with Gasteiger partial charge in [0.05, 0.1) is 10.6 Å². The standard InChI is InChI=1S/C21H17F2N3O3S/c1-26-10-13-9-24-12-25-21(13)17(11-26)16-8-15(30(2,27)28)4-6-19(16)29-20-5-3-14(22)7-18(20)23/h3-9,11-12H,10H2,1-2H3. The molecule has 2 heterocycles. The summed E-state index contributed by atoms with van der Waals surface area (Å²) in [6.45, 7) is 0.578. The van der Waals surface area contributed by atoms with Crippen molar-refractivity contribution in [2.75, 3.05) is 13.3 Å². The summed E-state index contributed by atoms with van der Waals surface area (Å²) in [5.74, 6) is -1.57. The van der Waals surface area contributed by atoms with E-state index in [1.807, 2.05) is 18.1 Å². The third-order valence-electron chi connectivity index (χ3n) is 4.60. The van der Waals surface area contributed by atoms with Gasteiger partial charge in [0.1, 0.15) is 17.9 Å². The van der Waals surface area contributed by atoms with E-state index in [0.29, 0.717) is 23.4 Å². The molecular weight excluding hydrogens is 412 g/mol. The molecule has 4 rings (SSSR count). The van der Waals surface area contributed by atoms with Crippen LogP contribution in [0, 0.1) is 11.6 Å². The van der Waals surface area contributed by atoms with E-state index in [-0.39, 0.29) is 16.4 Å². The molecule has 0 saturated heterocycles. The van der Waals surface area contributed by atoms with Crippen LogP contribution in [0.5, 0.6) is 11.5 Å². The summed E-state index contributed by atoms with van der Waals surface area (Å²) in [5.41, 5.74) is 2.48. The van der Waals surface area contributed by atoms with Crippen molar-refractivity contribution < 1.29 is 21.9 Å². The number of hydrogen-bond donors (Lipinski definition) is 0. The zero-order chi connectivity index (χ0) is 21.5. The molecule has 0 amide bonds. The highest BCUT2D eigenvalue weighted by molar-refractivity contribution is 7.90. The molecule has 0 atom stereocenters. The summed E-state index contributed by atoms with van der Waals surface area (Å²) in [7, 11) is -1.65. The van der Waals surface area contributed by atoms with Crippen molar-refractivity contribution in [2.45, 2.75) is 11.4 Å². The maximum atomic E-state index is 14.2. The van der Waals surface area contributed by atoms with Gasteiger partial charge in [-0.25, -0.2) is 27.2 Å². The van der Waals surface area contributed by atoms with E-state index in [4.69, 9.17) is 4.74 Å². The van der Waals surface area contributed by atoms with Gasteiger partial charge in [0.25, 0.3) is 0 Å². The van der Waals surface area contributed by atoms with Gasteiger partial charge in [-0.05, 0) is 30.3 Å². The first-order valence-electron chi connectivity index (χ1n) is 8.91. The van der Waals surface area contributed by atoms with Crippen LogP contribution in [0.1, 0.15) is 16.8 Å². The molecule has 1 aliphatic rings. The maximum absolute atomic E-state index is 14.2. The number of ether oxygens (including phenoxy) is 1. The Morgan fingerprint density at radius 3 is 2.60 bits per heavy atom. The summed E-state index contributed by atoms with van der Waals surface area (Å²) in [6, 6.07) is 7.27. The third-order valence-corrected chi connectivity index (χ3v) is 5.71. The van der Waals surface area contributed by atoms with Gasteiger partial charge in [0.15, 0.2) is 21.4 Å². The molecule has 30 heavy (non-hydrogen) atoms. The average Bonchev–Trinajstić information content (AvgIpc) is 2.69. The Morgan fingerprint density at radius 2 is 1.87 bits per heavy atom. The molecule has 0 N–H and O–H groups in total. The number of nitrogens with zero attached hydrogens (tertiary/aromatic N) is 3. The second-order valence-corrected chi connectivity index (χ2v) is 8.98. The zero-order valence-electron chi connectivity index (χ0n) is 16.1. The Morgan fingerprint density at radius 1 is 1.10 bits per heavy atom. The van der Waals surface area contributed by atoms with Crippen molar-refractivity contribution in [1.82, 2.24) is 14.9 Å². The molecule has 0 aliphatic carbocycles. The van der Waals surface area contributed by atoms with Gasteiger partial charge in [-0.3, -0.25) is 0 Å². The van der Waals surface area contributed by atoms with Crippen molar-refractivity contribution in [3.63, 3.8) is 0 Å². The maximum Gasteiger partial charge on any atom is 0.175 e. The van der Waals surface area contributed by atoms with E-state index >= 15 is 0 Å². The van der Waals surface area contributed by atoms with Crippen LogP contribution < -0.4 is 4.74 Å². The summed E-state index contributed by atoms with van der Waals surface area (Å²) in [4.78, 5) is 10.4. The minimum Gasteiger partial charge on any atom is -0.454 e. The predicted molar refractivity (Wildman–Crippen MR) is 107 cm³/mol. The number of fused-ring (bicyclic) bond motifs is 1. The smallest absolute Gasteiger partial charge is 0.175 e. The number of hydrogen-bond acceptors (Lipinski definition) is 6. The van der Waals surface area contributed by atoms with Crippen molar-refractivity contribution in [2.24, 2.45) is 0 Å². The van der Waals surface area contributed by atoms with Gasteiger partial charge in [0.2, 0.25) is 0 Å². The van der Waals surface area contributed by atoms with Crippen LogP contribution >= 0.6 is 0 Å². The second kappa shape index (κ2) is 7.49. The fourth-order valence-electron chi connectivity index (χ4n) is 3.23. The van der Waals surface area contributed by atoms with E-state index in [0.717, 1.165) is 24.0 Å². The topological polar surface area (TPSA) is 72.4 Å².